The van der Waals surface area contributed by atoms with E-state index in [1.54, 1.807) is 6.92 Å². The number of amides is 1. The van der Waals surface area contributed by atoms with Crippen LogP contribution in [0.5, 0.6) is 0 Å². The van der Waals surface area contributed by atoms with Crippen LogP contribution >= 0.6 is 0 Å². The smallest absolute Gasteiger partial charge is 0.251 e. The number of carbonyl (C=O) groups excluding carboxylic acids is 1. The number of carbonyl (C=O) groups is 1. The summed E-state index contributed by atoms with van der Waals surface area (Å²) in [6.45, 7) is 1.95. The number of aliphatic hydroxyl groups excluding tert-OH is 1. The summed E-state index contributed by atoms with van der Waals surface area (Å²) in [6, 6.07) is 12.2. The van der Waals surface area contributed by atoms with Crippen LogP contribution in [0.25, 0.3) is 0 Å². The maximum atomic E-state index is 13.2. The Kier molecular flexibility index (Phi) is 5.82. The third-order valence-corrected chi connectivity index (χ3v) is 3.53. The van der Waals surface area contributed by atoms with Crippen molar-refractivity contribution in [1.82, 2.24) is 5.32 Å². The first-order valence-corrected chi connectivity index (χ1v) is 7.43. The van der Waals surface area contributed by atoms with E-state index in [1.165, 1.54) is 0 Å². The molecule has 0 radical (unpaired) electrons. The molecule has 23 heavy (non-hydrogen) atoms. The van der Waals surface area contributed by atoms with Crippen LogP contribution in [-0.2, 0) is 0 Å². The Balaban J connectivity index is 2.07. The van der Waals surface area contributed by atoms with Crippen molar-refractivity contribution in [2.75, 3.05) is 6.54 Å². The molecule has 0 saturated heterocycles. The van der Waals surface area contributed by atoms with E-state index >= 15 is 0 Å². The summed E-state index contributed by atoms with van der Waals surface area (Å²) in [5.74, 6) is -2.22. The van der Waals surface area contributed by atoms with Gasteiger partial charge >= 0.3 is 0 Å². The lowest BCUT2D eigenvalue weighted by Crippen LogP contribution is -2.29. The molecule has 0 bridgehead atoms. The first-order valence-electron chi connectivity index (χ1n) is 7.43. The molecule has 2 atom stereocenters. The molecule has 5 heteroatoms. The molecule has 0 unspecified atom stereocenters. The third-order valence-electron chi connectivity index (χ3n) is 3.53. The summed E-state index contributed by atoms with van der Waals surface area (Å²) in [7, 11) is 0. The Hall–Kier alpha value is -2.27. The number of benzene rings is 2. The van der Waals surface area contributed by atoms with Crippen molar-refractivity contribution in [3.8, 4) is 0 Å². The standard InChI is InChI=1S/C18H19F2NO2/c1-12(22)7-15(13-5-3-2-4-6-13)11-21-18(23)14-8-16(19)10-17(20)9-14/h2-6,8-10,12,15,22H,7,11H2,1H3,(H,21,23)/t12-,15-/m0/s1. The number of hydrogen-bond acceptors (Lipinski definition) is 2. The molecule has 0 aliphatic carbocycles. The molecule has 0 aliphatic rings. The Labute approximate surface area is 134 Å². The van der Waals surface area contributed by atoms with Crippen molar-refractivity contribution in [3.63, 3.8) is 0 Å². The number of hydrogen-bond donors (Lipinski definition) is 2. The highest BCUT2D eigenvalue weighted by atomic mass is 19.1. The Bertz CT molecular complexity index is 639. The number of halogens is 2. The summed E-state index contributed by atoms with van der Waals surface area (Å²) in [4.78, 5) is 12.1. The van der Waals surface area contributed by atoms with E-state index < -0.39 is 23.6 Å². The lowest BCUT2D eigenvalue weighted by atomic mass is 9.93. The second kappa shape index (κ2) is 7.83. The Morgan fingerprint density at radius 3 is 2.30 bits per heavy atom. The molecule has 0 saturated carbocycles. The van der Waals surface area contributed by atoms with Gasteiger partial charge in [-0.2, -0.15) is 0 Å². The van der Waals surface area contributed by atoms with Gasteiger partial charge in [0.25, 0.3) is 5.91 Å². The summed E-state index contributed by atoms with van der Waals surface area (Å²) < 4.78 is 26.3. The van der Waals surface area contributed by atoms with Crippen molar-refractivity contribution in [2.45, 2.75) is 25.4 Å². The molecule has 122 valence electrons. The zero-order valence-corrected chi connectivity index (χ0v) is 12.8. The van der Waals surface area contributed by atoms with Crippen molar-refractivity contribution in [2.24, 2.45) is 0 Å². The molecule has 0 heterocycles. The maximum absolute atomic E-state index is 13.2. The van der Waals surface area contributed by atoms with Gasteiger partial charge < -0.3 is 10.4 Å². The minimum absolute atomic E-state index is 0.0636. The van der Waals surface area contributed by atoms with Crippen LogP contribution in [0.3, 0.4) is 0 Å². The minimum Gasteiger partial charge on any atom is -0.393 e. The van der Waals surface area contributed by atoms with Crippen LogP contribution in [-0.4, -0.2) is 23.7 Å². The van der Waals surface area contributed by atoms with Gasteiger partial charge in [0.15, 0.2) is 0 Å². The van der Waals surface area contributed by atoms with E-state index in [0.717, 1.165) is 23.8 Å². The zero-order valence-electron chi connectivity index (χ0n) is 12.8. The lowest BCUT2D eigenvalue weighted by molar-refractivity contribution is 0.0944. The molecule has 3 nitrogen and oxygen atoms in total. The largest absolute Gasteiger partial charge is 0.393 e. The average Bonchev–Trinajstić information content (AvgIpc) is 2.50. The molecule has 2 aromatic rings. The zero-order chi connectivity index (χ0) is 16.8. The molecular formula is C18H19F2NO2. The van der Waals surface area contributed by atoms with Crippen molar-refractivity contribution in [3.05, 3.63) is 71.3 Å². The first-order chi connectivity index (χ1) is 11.0. The first kappa shape index (κ1) is 17.1. The fraction of sp³-hybridized carbons (Fsp3) is 0.278. The SMILES string of the molecule is C[C@H](O)C[C@@H](CNC(=O)c1cc(F)cc(F)c1)c1ccccc1. The van der Waals surface area contributed by atoms with E-state index in [4.69, 9.17) is 0 Å². The highest BCUT2D eigenvalue weighted by molar-refractivity contribution is 5.94. The lowest BCUT2D eigenvalue weighted by Gasteiger charge is -2.19. The van der Waals surface area contributed by atoms with E-state index in [2.05, 4.69) is 5.32 Å². The van der Waals surface area contributed by atoms with Crippen molar-refractivity contribution >= 4 is 5.91 Å². The summed E-state index contributed by atoms with van der Waals surface area (Å²) in [5, 5.41) is 12.3. The fourth-order valence-electron chi connectivity index (χ4n) is 2.48. The van der Waals surface area contributed by atoms with Gasteiger partial charge in [0.1, 0.15) is 11.6 Å². The molecular weight excluding hydrogens is 300 g/mol. The van der Waals surface area contributed by atoms with Crippen LogP contribution in [0.4, 0.5) is 8.78 Å². The van der Waals surface area contributed by atoms with E-state index in [0.29, 0.717) is 6.42 Å². The number of rotatable bonds is 6. The van der Waals surface area contributed by atoms with Crippen LogP contribution < -0.4 is 5.32 Å². The summed E-state index contributed by atoms with van der Waals surface area (Å²) in [5.41, 5.74) is 0.922. The molecule has 0 aromatic heterocycles. The van der Waals surface area contributed by atoms with Crippen LogP contribution in [0.2, 0.25) is 0 Å². The molecule has 1 amide bonds. The molecule has 0 aliphatic heterocycles. The number of aliphatic hydroxyl groups is 1. The Morgan fingerprint density at radius 1 is 1.13 bits per heavy atom. The highest BCUT2D eigenvalue weighted by Crippen LogP contribution is 2.20. The van der Waals surface area contributed by atoms with Crippen LogP contribution in [0, 0.1) is 11.6 Å². The second-order valence-electron chi connectivity index (χ2n) is 5.56. The van der Waals surface area contributed by atoms with Gasteiger partial charge in [-0.3, -0.25) is 4.79 Å². The maximum Gasteiger partial charge on any atom is 0.251 e. The Morgan fingerprint density at radius 2 is 1.74 bits per heavy atom. The van der Waals surface area contributed by atoms with E-state index in [1.807, 2.05) is 30.3 Å². The van der Waals surface area contributed by atoms with Crippen molar-refractivity contribution < 1.29 is 18.7 Å². The van der Waals surface area contributed by atoms with Gasteiger partial charge in [0, 0.05) is 24.1 Å². The van der Waals surface area contributed by atoms with Crippen molar-refractivity contribution in [1.29, 1.82) is 0 Å². The average molecular weight is 319 g/mol. The van der Waals surface area contributed by atoms with Gasteiger partial charge in [0.2, 0.25) is 0 Å². The summed E-state index contributed by atoms with van der Waals surface area (Å²) in [6.07, 6.45) is -0.0503. The van der Waals surface area contributed by atoms with Crippen LogP contribution in [0.15, 0.2) is 48.5 Å². The highest BCUT2D eigenvalue weighted by Gasteiger charge is 2.16. The van der Waals surface area contributed by atoms with Gasteiger partial charge in [-0.1, -0.05) is 30.3 Å². The second-order valence-corrected chi connectivity index (χ2v) is 5.56. The van der Waals surface area contributed by atoms with Gasteiger partial charge in [-0.15, -0.1) is 0 Å². The predicted molar refractivity (Wildman–Crippen MR) is 84.2 cm³/mol. The number of nitrogens with one attached hydrogen (secondary N) is 1. The van der Waals surface area contributed by atoms with Gasteiger partial charge in [-0.05, 0) is 31.0 Å². The monoisotopic (exact) mass is 319 g/mol. The molecule has 2 rings (SSSR count). The van der Waals surface area contributed by atoms with E-state index in [9.17, 15) is 18.7 Å². The van der Waals surface area contributed by atoms with Gasteiger partial charge in [-0.25, -0.2) is 8.78 Å². The fourth-order valence-corrected chi connectivity index (χ4v) is 2.48. The van der Waals surface area contributed by atoms with E-state index in [-0.39, 0.29) is 18.0 Å². The van der Waals surface area contributed by atoms with Crippen LogP contribution in [0.1, 0.15) is 35.2 Å². The predicted octanol–water partition coefficient (Wildman–Crippen LogP) is 3.25. The quantitative estimate of drug-likeness (QED) is 0.859. The molecule has 0 spiro atoms. The minimum atomic E-state index is -0.793. The third kappa shape index (κ3) is 5.14. The molecule has 2 N–H and O–H groups in total. The topological polar surface area (TPSA) is 49.3 Å². The summed E-state index contributed by atoms with van der Waals surface area (Å²) >= 11 is 0. The van der Waals surface area contributed by atoms with Gasteiger partial charge in [0.05, 0.1) is 6.10 Å². The normalized spacial score (nSPS) is 13.4. The molecule has 0 fully saturated rings. The molecule has 2 aromatic carbocycles.